The van der Waals surface area contributed by atoms with Gasteiger partial charge in [0.1, 0.15) is 0 Å². The van der Waals surface area contributed by atoms with Crippen LogP contribution in [0.15, 0.2) is 4.99 Å². The van der Waals surface area contributed by atoms with Crippen molar-refractivity contribution >= 4 is 41.7 Å². The molecule has 2 aliphatic heterocycles. The molecule has 0 amide bonds. The molecule has 2 atom stereocenters. The average Bonchev–Trinajstić information content (AvgIpc) is 3.16. The average molecular weight is 529 g/mol. The summed E-state index contributed by atoms with van der Waals surface area (Å²) in [5.74, 6) is 3.88. The van der Waals surface area contributed by atoms with E-state index in [9.17, 15) is 0 Å². The van der Waals surface area contributed by atoms with Crippen molar-refractivity contribution in [3.05, 3.63) is 0 Å². The molecule has 2 rings (SSSR count). The van der Waals surface area contributed by atoms with Crippen LogP contribution in [0.25, 0.3) is 0 Å². The van der Waals surface area contributed by atoms with Gasteiger partial charge in [-0.1, -0.05) is 13.8 Å². The predicted octanol–water partition coefficient (Wildman–Crippen LogP) is 2.82. The summed E-state index contributed by atoms with van der Waals surface area (Å²) >= 11 is 2.06. The number of ether oxygens (including phenoxy) is 2. The Labute approximate surface area is 193 Å². The van der Waals surface area contributed by atoms with Crippen LogP contribution in [0, 0.1) is 5.92 Å². The molecule has 2 unspecified atom stereocenters. The SMILES string of the molecule is CCNC(=NCC1(N2CCOCC2)CCSC1)NCCC(OCC)C(C)C.I. The molecule has 8 heteroatoms. The van der Waals surface area contributed by atoms with Gasteiger partial charge in [0.25, 0.3) is 0 Å². The summed E-state index contributed by atoms with van der Waals surface area (Å²) < 4.78 is 11.4. The summed E-state index contributed by atoms with van der Waals surface area (Å²) in [5, 5.41) is 6.93. The topological polar surface area (TPSA) is 58.1 Å². The third kappa shape index (κ3) is 8.16. The minimum absolute atomic E-state index is 0. The molecule has 0 spiro atoms. The highest BCUT2D eigenvalue weighted by Gasteiger charge is 2.40. The molecule has 2 fully saturated rings. The largest absolute Gasteiger partial charge is 0.379 e. The van der Waals surface area contributed by atoms with Crippen LogP contribution in [0.4, 0.5) is 0 Å². The number of morpholine rings is 1. The van der Waals surface area contributed by atoms with Crippen LogP contribution in [-0.4, -0.2) is 86.6 Å². The zero-order valence-corrected chi connectivity index (χ0v) is 21.3. The van der Waals surface area contributed by atoms with Gasteiger partial charge in [0, 0.05) is 38.5 Å². The fraction of sp³-hybridized carbons (Fsp3) is 0.950. The Balaban J connectivity index is 0.00000392. The van der Waals surface area contributed by atoms with Crippen molar-refractivity contribution in [1.82, 2.24) is 15.5 Å². The van der Waals surface area contributed by atoms with Crippen molar-refractivity contribution in [3.63, 3.8) is 0 Å². The van der Waals surface area contributed by atoms with Gasteiger partial charge in [0.15, 0.2) is 5.96 Å². The molecule has 0 aliphatic carbocycles. The molecule has 0 aromatic heterocycles. The van der Waals surface area contributed by atoms with Crippen molar-refractivity contribution in [1.29, 1.82) is 0 Å². The molecule has 6 nitrogen and oxygen atoms in total. The Morgan fingerprint density at radius 2 is 2.00 bits per heavy atom. The van der Waals surface area contributed by atoms with Gasteiger partial charge in [-0.3, -0.25) is 9.89 Å². The Bertz CT molecular complexity index is 442. The van der Waals surface area contributed by atoms with E-state index >= 15 is 0 Å². The Morgan fingerprint density at radius 1 is 1.25 bits per heavy atom. The van der Waals surface area contributed by atoms with Crippen LogP contribution in [0.1, 0.15) is 40.5 Å². The van der Waals surface area contributed by atoms with E-state index in [1.165, 1.54) is 17.9 Å². The zero-order chi connectivity index (χ0) is 19.5. The quantitative estimate of drug-likeness (QED) is 0.259. The maximum Gasteiger partial charge on any atom is 0.191 e. The fourth-order valence-corrected chi connectivity index (χ4v) is 5.30. The first-order chi connectivity index (χ1) is 13.1. The predicted molar refractivity (Wildman–Crippen MR) is 131 cm³/mol. The molecule has 0 aromatic rings. The normalized spacial score (nSPS) is 24.8. The van der Waals surface area contributed by atoms with Crippen LogP contribution in [0.2, 0.25) is 0 Å². The van der Waals surface area contributed by atoms with Gasteiger partial charge in [-0.25, -0.2) is 0 Å². The highest BCUT2D eigenvalue weighted by atomic mass is 127. The van der Waals surface area contributed by atoms with Crippen LogP contribution in [-0.2, 0) is 9.47 Å². The van der Waals surface area contributed by atoms with E-state index in [0.29, 0.717) is 12.0 Å². The third-order valence-corrected chi connectivity index (χ3v) is 6.72. The maximum absolute atomic E-state index is 5.86. The number of halogens is 1. The molecule has 0 radical (unpaired) electrons. The van der Waals surface area contributed by atoms with Crippen molar-refractivity contribution < 1.29 is 9.47 Å². The first kappa shape index (κ1) is 26.3. The molecule has 0 saturated carbocycles. The highest BCUT2D eigenvalue weighted by Crippen LogP contribution is 2.34. The van der Waals surface area contributed by atoms with E-state index in [-0.39, 0.29) is 29.5 Å². The third-order valence-electron chi connectivity index (χ3n) is 5.49. The lowest BCUT2D eigenvalue weighted by molar-refractivity contribution is -0.0104. The summed E-state index contributed by atoms with van der Waals surface area (Å²) in [7, 11) is 0. The van der Waals surface area contributed by atoms with Crippen LogP contribution in [0.3, 0.4) is 0 Å². The molecular formula is C20H41IN4O2S. The fourth-order valence-electron chi connectivity index (χ4n) is 3.83. The lowest BCUT2D eigenvalue weighted by Crippen LogP contribution is -2.56. The number of hydrogen-bond donors (Lipinski definition) is 2. The highest BCUT2D eigenvalue weighted by molar-refractivity contribution is 14.0. The molecule has 2 aliphatic rings. The van der Waals surface area contributed by atoms with E-state index in [4.69, 9.17) is 14.5 Å². The lowest BCUT2D eigenvalue weighted by atomic mass is 9.96. The van der Waals surface area contributed by atoms with Gasteiger partial charge in [-0.05, 0) is 38.4 Å². The second kappa shape index (κ2) is 14.3. The second-order valence-electron chi connectivity index (χ2n) is 7.77. The van der Waals surface area contributed by atoms with E-state index in [1.54, 1.807) is 0 Å². The lowest BCUT2D eigenvalue weighted by Gasteiger charge is -2.42. The van der Waals surface area contributed by atoms with Gasteiger partial charge in [0.05, 0.1) is 31.4 Å². The van der Waals surface area contributed by atoms with Crippen molar-refractivity contribution in [3.8, 4) is 0 Å². The van der Waals surface area contributed by atoms with Crippen LogP contribution in [0.5, 0.6) is 0 Å². The number of hydrogen-bond acceptors (Lipinski definition) is 5. The van der Waals surface area contributed by atoms with E-state index in [2.05, 4.69) is 55.0 Å². The van der Waals surface area contributed by atoms with Crippen LogP contribution >= 0.6 is 35.7 Å². The molecule has 2 saturated heterocycles. The zero-order valence-electron chi connectivity index (χ0n) is 18.2. The van der Waals surface area contributed by atoms with Crippen LogP contribution < -0.4 is 10.6 Å². The van der Waals surface area contributed by atoms with Gasteiger partial charge >= 0.3 is 0 Å². The second-order valence-corrected chi connectivity index (χ2v) is 8.88. The number of guanidine groups is 1. The molecule has 2 heterocycles. The summed E-state index contributed by atoms with van der Waals surface area (Å²) in [5.41, 5.74) is 0.197. The first-order valence-corrected chi connectivity index (χ1v) is 11.8. The molecular weight excluding hydrogens is 487 g/mol. The smallest absolute Gasteiger partial charge is 0.191 e. The van der Waals surface area contributed by atoms with Crippen molar-refractivity contribution in [2.75, 3.05) is 64.1 Å². The molecule has 166 valence electrons. The monoisotopic (exact) mass is 528 g/mol. The van der Waals surface area contributed by atoms with E-state index < -0.39 is 0 Å². The van der Waals surface area contributed by atoms with Gasteiger partial charge in [0.2, 0.25) is 0 Å². The van der Waals surface area contributed by atoms with Gasteiger partial charge in [-0.15, -0.1) is 24.0 Å². The number of thioether (sulfide) groups is 1. The molecule has 2 N–H and O–H groups in total. The number of rotatable bonds is 10. The number of nitrogens with one attached hydrogen (secondary N) is 2. The van der Waals surface area contributed by atoms with Gasteiger partial charge < -0.3 is 20.1 Å². The number of aliphatic imine (C=N–C) groups is 1. The maximum atomic E-state index is 5.86. The molecule has 0 bridgehead atoms. The summed E-state index contributed by atoms with van der Waals surface area (Å²) in [6.45, 7) is 15.8. The first-order valence-electron chi connectivity index (χ1n) is 10.7. The summed E-state index contributed by atoms with van der Waals surface area (Å²) in [6.07, 6.45) is 2.53. The Hall–Kier alpha value is 0.230. The van der Waals surface area contributed by atoms with Crippen molar-refractivity contribution in [2.45, 2.75) is 52.2 Å². The minimum atomic E-state index is 0. The van der Waals surface area contributed by atoms with E-state index in [0.717, 1.165) is 64.9 Å². The number of nitrogens with zero attached hydrogens (tertiary/aromatic N) is 2. The Kier molecular flexibility index (Phi) is 13.4. The standard InChI is InChI=1S/C20H40N4O2S.HI/c1-5-21-19(22-9-7-18(17(3)4)26-6-2)23-15-20(8-14-27-16-20)24-10-12-25-13-11-24;/h17-18H,5-16H2,1-4H3,(H2,21,22,23);1H. The van der Waals surface area contributed by atoms with Gasteiger partial charge in [-0.2, -0.15) is 11.8 Å². The molecule has 0 aromatic carbocycles. The van der Waals surface area contributed by atoms with E-state index in [1.807, 2.05) is 0 Å². The molecule has 28 heavy (non-hydrogen) atoms. The summed E-state index contributed by atoms with van der Waals surface area (Å²) in [6, 6.07) is 0. The summed E-state index contributed by atoms with van der Waals surface area (Å²) in [4.78, 5) is 7.61. The van der Waals surface area contributed by atoms with Crippen molar-refractivity contribution in [2.24, 2.45) is 10.9 Å². The minimum Gasteiger partial charge on any atom is -0.379 e. The Morgan fingerprint density at radius 3 is 2.57 bits per heavy atom.